The van der Waals surface area contributed by atoms with E-state index in [9.17, 15) is 9.59 Å². The smallest absolute Gasteiger partial charge is 0.410 e. The molecule has 260 valence electrons. The van der Waals surface area contributed by atoms with Crippen LogP contribution in [0.1, 0.15) is 53.7 Å². The van der Waals surface area contributed by atoms with E-state index in [1.165, 1.54) is 0 Å². The predicted molar refractivity (Wildman–Crippen MR) is 187 cm³/mol. The molecule has 0 radical (unpaired) electrons. The van der Waals surface area contributed by atoms with Gasteiger partial charge in [0.2, 0.25) is 5.95 Å². The van der Waals surface area contributed by atoms with Crippen LogP contribution in [0.5, 0.6) is 0 Å². The largest absolute Gasteiger partial charge is 0.459 e. The Morgan fingerprint density at radius 3 is 2.21 bits per heavy atom. The summed E-state index contributed by atoms with van der Waals surface area (Å²) in [5.41, 5.74) is 2.45. The van der Waals surface area contributed by atoms with Gasteiger partial charge in [0.1, 0.15) is 17.0 Å². The van der Waals surface area contributed by atoms with Crippen LogP contribution in [0, 0.1) is 0 Å². The molecule has 0 unspecified atom stereocenters. The van der Waals surface area contributed by atoms with Gasteiger partial charge in [-0.05, 0) is 78.3 Å². The minimum absolute atomic E-state index is 0.183. The standard InChI is InChI=1S/C35H51N9O4/c1-34(2,3)47-31(45)25-44-20-18-43(19-21-44)24-28-22-27(12-14-36-28)39-32-37-15-13-29(40-32)26-10-11-30(38-23-26)41(7)16-9-17-42(8)33(46)48-35(4,5)6/h10-15,22-23H,9,16-21,24-25H2,1-8H3,(H,36,37,39,40). The first-order valence-corrected chi connectivity index (χ1v) is 16.5. The van der Waals surface area contributed by atoms with E-state index < -0.39 is 11.2 Å². The van der Waals surface area contributed by atoms with E-state index in [2.05, 4.69) is 35.0 Å². The van der Waals surface area contributed by atoms with Gasteiger partial charge < -0.3 is 24.6 Å². The van der Waals surface area contributed by atoms with Crippen LogP contribution in [0.3, 0.4) is 0 Å². The Balaban J connectivity index is 1.26. The van der Waals surface area contributed by atoms with E-state index in [4.69, 9.17) is 14.5 Å². The van der Waals surface area contributed by atoms with Crippen molar-refractivity contribution in [2.45, 2.75) is 65.7 Å². The Morgan fingerprint density at radius 1 is 0.854 bits per heavy atom. The SMILES string of the molecule is CN(CCCN(C)c1ccc(-c2ccnc(Nc3ccnc(CN4CCN(CC(=O)OC(C)(C)C)CC4)c3)n2)cn1)C(=O)OC(C)(C)C. The first-order valence-electron chi connectivity index (χ1n) is 16.5. The summed E-state index contributed by atoms with van der Waals surface area (Å²) in [7, 11) is 3.73. The highest BCUT2D eigenvalue weighted by Gasteiger charge is 2.23. The number of esters is 1. The summed E-state index contributed by atoms with van der Waals surface area (Å²) in [5, 5.41) is 3.32. The van der Waals surface area contributed by atoms with Gasteiger partial charge in [-0.2, -0.15) is 0 Å². The molecule has 0 spiro atoms. The number of rotatable bonds is 12. The Morgan fingerprint density at radius 2 is 1.54 bits per heavy atom. The van der Waals surface area contributed by atoms with Gasteiger partial charge >= 0.3 is 12.1 Å². The second-order valence-electron chi connectivity index (χ2n) is 14.1. The topological polar surface area (TPSA) is 129 Å². The maximum absolute atomic E-state index is 12.2. The highest BCUT2D eigenvalue weighted by Crippen LogP contribution is 2.22. The van der Waals surface area contributed by atoms with Crippen molar-refractivity contribution in [3.63, 3.8) is 0 Å². The number of ether oxygens (including phenoxy) is 2. The number of carbonyl (C=O) groups is 2. The number of amides is 1. The number of nitrogens with zero attached hydrogens (tertiary/aromatic N) is 8. The summed E-state index contributed by atoms with van der Waals surface area (Å²) in [4.78, 5) is 50.9. The summed E-state index contributed by atoms with van der Waals surface area (Å²) in [6.07, 6.45) is 5.78. The maximum atomic E-state index is 12.2. The quantitative estimate of drug-likeness (QED) is 0.267. The average Bonchev–Trinajstić information content (AvgIpc) is 3.00. The van der Waals surface area contributed by atoms with Crippen LogP contribution in [-0.4, -0.2) is 118 Å². The Bertz CT molecular complexity index is 1500. The minimum Gasteiger partial charge on any atom is -0.459 e. The number of nitrogens with one attached hydrogen (secondary N) is 1. The molecule has 1 fully saturated rings. The maximum Gasteiger partial charge on any atom is 0.410 e. The molecule has 4 rings (SSSR count). The van der Waals surface area contributed by atoms with Crippen LogP contribution in [0.4, 0.5) is 22.2 Å². The number of aromatic nitrogens is 4. The average molecular weight is 662 g/mol. The molecule has 0 bridgehead atoms. The third kappa shape index (κ3) is 12.0. The summed E-state index contributed by atoms with van der Waals surface area (Å²) < 4.78 is 10.9. The first-order chi connectivity index (χ1) is 22.6. The van der Waals surface area contributed by atoms with Crippen LogP contribution in [0.25, 0.3) is 11.3 Å². The third-order valence-corrected chi connectivity index (χ3v) is 7.48. The molecule has 1 amide bonds. The number of hydrogen-bond acceptors (Lipinski definition) is 12. The van der Waals surface area contributed by atoms with Crippen LogP contribution in [-0.2, 0) is 20.8 Å². The van der Waals surface area contributed by atoms with Crippen molar-refractivity contribution in [2.24, 2.45) is 0 Å². The molecule has 1 aliphatic rings. The molecule has 1 aliphatic heterocycles. The number of carbonyl (C=O) groups excluding carboxylic acids is 2. The summed E-state index contributed by atoms with van der Waals surface area (Å²) in [6, 6.07) is 9.74. The van der Waals surface area contributed by atoms with E-state index in [-0.39, 0.29) is 12.1 Å². The second-order valence-corrected chi connectivity index (χ2v) is 14.1. The highest BCUT2D eigenvalue weighted by molar-refractivity contribution is 5.72. The molecule has 0 saturated carbocycles. The van der Waals surface area contributed by atoms with Crippen LogP contribution in [0.15, 0.2) is 48.9 Å². The monoisotopic (exact) mass is 661 g/mol. The summed E-state index contributed by atoms with van der Waals surface area (Å²) >= 11 is 0. The van der Waals surface area contributed by atoms with Gasteiger partial charge in [0.15, 0.2) is 0 Å². The summed E-state index contributed by atoms with van der Waals surface area (Å²) in [6.45, 7) is 16.9. The van der Waals surface area contributed by atoms with Gasteiger partial charge in [0.25, 0.3) is 0 Å². The van der Waals surface area contributed by atoms with Crippen molar-refractivity contribution in [1.82, 2.24) is 34.6 Å². The fraction of sp³-hybridized carbons (Fsp3) is 0.543. The van der Waals surface area contributed by atoms with E-state index in [1.54, 1.807) is 24.3 Å². The molecular formula is C35H51N9O4. The van der Waals surface area contributed by atoms with Gasteiger partial charge in [0, 0.05) is 89.8 Å². The van der Waals surface area contributed by atoms with Crippen molar-refractivity contribution in [3.8, 4) is 11.3 Å². The van der Waals surface area contributed by atoms with Gasteiger partial charge in [-0.25, -0.2) is 19.7 Å². The molecular weight excluding hydrogens is 610 g/mol. The zero-order valence-corrected chi connectivity index (χ0v) is 29.7. The summed E-state index contributed by atoms with van der Waals surface area (Å²) in [5.74, 6) is 1.13. The van der Waals surface area contributed by atoms with Gasteiger partial charge in [0.05, 0.1) is 17.9 Å². The zero-order valence-electron chi connectivity index (χ0n) is 29.7. The second kappa shape index (κ2) is 16.2. The van der Waals surface area contributed by atoms with Crippen molar-refractivity contribution < 1.29 is 19.1 Å². The van der Waals surface area contributed by atoms with Crippen molar-refractivity contribution in [3.05, 3.63) is 54.6 Å². The van der Waals surface area contributed by atoms with Gasteiger partial charge in [-0.1, -0.05) is 0 Å². The lowest BCUT2D eigenvalue weighted by molar-refractivity contribution is -0.156. The van der Waals surface area contributed by atoms with E-state index >= 15 is 0 Å². The van der Waals surface area contributed by atoms with Crippen LogP contribution in [0.2, 0.25) is 0 Å². The lowest BCUT2D eigenvalue weighted by atomic mass is 10.2. The molecule has 3 aromatic heterocycles. The molecule has 1 saturated heterocycles. The molecule has 13 heteroatoms. The lowest BCUT2D eigenvalue weighted by Gasteiger charge is -2.34. The van der Waals surface area contributed by atoms with Gasteiger partial charge in [-0.3, -0.25) is 19.6 Å². The first kappa shape index (κ1) is 36.5. The number of pyridine rings is 2. The fourth-order valence-corrected chi connectivity index (χ4v) is 5.10. The minimum atomic E-state index is -0.512. The fourth-order valence-electron chi connectivity index (χ4n) is 5.10. The zero-order chi connectivity index (χ0) is 34.9. The molecule has 4 heterocycles. The molecule has 0 atom stereocenters. The molecule has 0 aliphatic carbocycles. The Hall–Kier alpha value is -4.36. The van der Waals surface area contributed by atoms with E-state index in [1.807, 2.05) is 85.1 Å². The number of hydrogen-bond donors (Lipinski definition) is 1. The highest BCUT2D eigenvalue weighted by atomic mass is 16.6. The molecule has 0 aromatic carbocycles. The number of piperazine rings is 1. The van der Waals surface area contributed by atoms with Crippen molar-refractivity contribution >= 4 is 29.5 Å². The van der Waals surface area contributed by atoms with E-state index in [0.717, 1.165) is 67.6 Å². The molecule has 3 aromatic rings. The molecule has 1 N–H and O–H groups in total. The lowest BCUT2D eigenvalue weighted by Crippen LogP contribution is -2.48. The number of anilines is 3. The van der Waals surface area contributed by atoms with Crippen LogP contribution >= 0.6 is 0 Å². The van der Waals surface area contributed by atoms with Crippen molar-refractivity contribution in [2.75, 3.05) is 70.1 Å². The Kier molecular flexibility index (Phi) is 12.3. The normalized spacial score (nSPS) is 14.3. The molecule has 13 nitrogen and oxygen atoms in total. The molecule has 48 heavy (non-hydrogen) atoms. The third-order valence-electron chi connectivity index (χ3n) is 7.48. The predicted octanol–water partition coefficient (Wildman–Crippen LogP) is 4.83. The van der Waals surface area contributed by atoms with Gasteiger partial charge in [-0.15, -0.1) is 0 Å². The Labute approximate surface area is 284 Å². The van der Waals surface area contributed by atoms with E-state index in [0.29, 0.717) is 25.6 Å². The van der Waals surface area contributed by atoms with Crippen LogP contribution < -0.4 is 10.2 Å². The van der Waals surface area contributed by atoms with Crippen molar-refractivity contribution in [1.29, 1.82) is 0 Å².